The van der Waals surface area contributed by atoms with Crippen molar-refractivity contribution in [2.45, 2.75) is 72.3 Å². The normalized spacial score (nSPS) is 14.4. The van der Waals surface area contributed by atoms with E-state index in [0.717, 1.165) is 45.8 Å². The van der Waals surface area contributed by atoms with Gasteiger partial charge in [0.1, 0.15) is 16.5 Å². The van der Waals surface area contributed by atoms with Gasteiger partial charge in [-0.25, -0.2) is 4.98 Å². The molecule has 1 aromatic heterocycles. The van der Waals surface area contributed by atoms with Crippen LogP contribution in [0.2, 0.25) is 5.15 Å². The van der Waals surface area contributed by atoms with E-state index in [4.69, 9.17) is 16.3 Å². The second-order valence-electron chi connectivity index (χ2n) is 9.01. The lowest BCUT2D eigenvalue weighted by Gasteiger charge is -2.25. The summed E-state index contributed by atoms with van der Waals surface area (Å²) in [5.41, 5.74) is 3.59. The van der Waals surface area contributed by atoms with E-state index in [9.17, 15) is 4.79 Å². The van der Waals surface area contributed by atoms with Gasteiger partial charge in [-0.3, -0.25) is 4.79 Å². The molecule has 3 rings (SSSR count). The summed E-state index contributed by atoms with van der Waals surface area (Å²) in [7, 11) is 0. The van der Waals surface area contributed by atoms with Crippen molar-refractivity contribution in [3.63, 3.8) is 0 Å². The maximum Gasteiger partial charge on any atom is 0.166 e. The molecule has 1 aliphatic carbocycles. The Kier molecular flexibility index (Phi) is 6.19. The first-order chi connectivity index (χ1) is 13.5. The Labute approximate surface area is 178 Å². The predicted molar refractivity (Wildman–Crippen MR) is 120 cm³/mol. The van der Waals surface area contributed by atoms with E-state index in [1.807, 2.05) is 26.8 Å². The molecule has 0 bridgehead atoms. The van der Waals surface area contributed by atoms with Crippen molar-refractivity contribution < 1.29 is 9.53 Å². The van der Waals surface area contributed by atoms with Crippen LogP contribution in [0.5, 0.6) is 5.75 Å². The highest BCUT2D eigenvalue weighted by atomic mass is 35.5. The minimum absolute atomic E-state index is 0.0297. The third-order valence-corrected chi connectivity index (χ3v) is 5.45. The Hall–Kier alpha value is -2.13. The molecule has 0 saturated heterocycles. The molecule has 0 radical (unpaired) electrons. The summed E-state index contributed by atoms with van der Waals surface area (Å²) in [4.78, 5) is 17.4. The number of hydrogen-bond donors (Lipinski definition) is 0. The van der Waals surface area contributed by atoms with Crippen LogP contribution in [0, 0.1) is 13.8 Å². The molecule has 1 unspecified atom stereocenters. The molecule has 0 aliphatic heterocycles. The Balaban J connectivity index is 1.84. The van der Waals surface area contributed by atoms with Crippen LogP contribution >= 0.6 is 11.6 Å². The minimum atomic E-state index is -0.247. The van der Waals surface area contributed by atoms with E-state index in [2.05, 4.69) is 50.0 Å². The molecule has 1 heterocycles. The van der Waals surface area contributed by atoms with Crippen LogP contribution in [0.1, 0.15) is 79.9 Å². The van der Waals surface area contributed by atoms with Gasteiger partial charge in [-0.1, -0.05) is 42.8 Å². The highest BCUT2D eigenvalue weighted by Gasteiger charge is 2.20. The average Bonchev–Trinajstić information content (AvgIpc) is 2.63. The number of aromatic nitrogens is 1. The molecule has 29 heavy (non-hydrogen) atoms. The van der Waals surface area contributed by atoms with Gasteiger partial charge in [0.2, 0.25) is 0 Å². The molecule has 0 amide bonds. The number of hydrogen-bond acceptors (Lipinski definition) is 3. The number of ketones is 1. The molecule has 0 saturated carbocycles. The fourth-order valence-corrected chi connectivity index (χ4v) is 3.99. The lowest BCUT2D eigenvalue weighted by molar-refractivity contribution is 0.0975. The zero-order valence-electron chi connectivity index (χ0n) is 18.2. The summed E-state index contributed by atoms with van der Waals surface area (Å²) < 4.78 is 6.12. The van der Waals surface area contributed by atoms with Crippen molar-refractivity contribution in [1.29, 1.82) is 0 Å². The number of carbonyl (C=O) groups excluding carboxylic acids is 1. The number of carbonyl (C=O) groups is 1. The summed E-state index contributed by atoms with van der Waals surface area (Å²) in [6.45, 7) is 12.3. The zero-order valence-corrected chi connectivity index (χ0v) is 19.0. The lowest BCUT2D eigenvalue weighted by Crippen LogP contribution is -2.31. The van der Waals surface area contributed by atoms with E-state index < -0.39 is 0 Å². The molecule has 1 atom stereocenters. The van der Waals surface area contributed by atoms with Gasteiger partial charge >= 0.3 is 0 Å². The van der Waals surface area contributed by atoms with Gasteiger partial charge in [0.05, 0.1) is 10.9 Å². The van der Waals surface area contributed by atoms with Gasteiger partial charge in [0.15, 0.2) is 5.78 Å². The van der Waals surface area contributed by atoms with Crippen molar-refractivity contribution in [1.82, 2.24) is 4.98 Å². The summed E-state index contributed by atoms with van der Waals surface area (Å²) in [5, 5.41) is 2.19. The summed E-state index contributed by atoms with van der Waals surface area (Å²) in [5.74, 6) is 1.03. The van der Waals surface area contributed by atoms with Crippen LogP contribution in [-0.2, 0) is 0 Å². The average molecular weight is 412 g/mol. The number of rotatable bonds is 5. The SMILES string of the molecule is Cc1cc(C(C)CC(=O)c2cc3c(nc2Cl)=CCCC=3)cc(C)c1OC(C)(C)C. The van der Waals surface area contributed by atoms with Gasteiger partial charge < -0.3 is 4.74 Å². The molecule has 4 heteroatoms. The number of pyridine rings is 1. The Morgan fingerprint density at radius 2 is 1.76 bits per heavy atom. The number of halogens is 1. The zero-order chi connectivity index (χ0) is 21.3. The van der Waals surface area contributed by atoms with Gasteiger partial charge in [0.25, 0.3) is 0 Å². The summed E-state index contributed by atoms with van der Waals surface area (Å²) in [6, 6.07) is 6.15. The number of nitrogens with zero attached hydrogens (tertiary/aromatic N) is 1. The number of Topliss-reactive ketones (excluding diaryl/α,β-unsaturated/α-hetero) is 1. The molecule has 2 aromatic rings. The largest absolute Gasteiger partial charge is 0.488 e. The van der Waals surface area contributed by atoms with E-state index in [1.54, 1.807) is 0 Å². The lowest BCUT2D eigenvalue weighted by atomic mass is 9.90. The second-order valence-corrected chi connectivity index (χ2v) is 9.37. The maximum atomic E-state index is 13.0. The Bertz CT molecular complexity index is 1040. The van der Waals surface area contributed by atoms with Crippen molar-refractivity contribution in [3.8, 4) is 5.75 Å². The molecular formula is C25H30ClNO2. The van der Waals surface area contributed by atoms with Crippen molar-refractivity contribution in [3.05, 3.63) is 56.2 Å². The molecule has 3 nitrogen and oxygen atoms in total. The van der Waals surface area contributed by atoms with Gasteiger partial charge in [-0.15, -0.1) is 0 Å². The highest BCUT2D eigenvalue weighted by Crippen LogP contribution is 2.32. The first-order valence-electron chi connectivity index (χ1n) is 10.3. The maximum absolute atomic E-state index is 13.0. The fourth-order valence-electron chi connectivity index (χ4n) is 3.74. The van der Waals surface area contributed by atoms with Crippen LogP contribution in [-0.4, -0.2) is 16.4 Å². The first kappa shape index (κ1) is 21.6. The van der Waals surface area contributed by atoms with Crippen LogP contribution in [0.4, 0.5) is 0 Å². The molecule has 0 N–H and O–H groups in total. The third-order valence-electron chi connectivity index (χ3n) is 5.16. The molecule has 1 aliphatic rings. The Morgan fingerprint density at radius 3 is 2.38 bits per heavy atom. The van der Waals surface area contributed by atoms with Crippen LogP contribution in [0.15, 0.2) is 18.2 Å². The van der Waals surface area contributed by atoms with Crippen LogP contribution in [0.25, 0.3) is 12.2 Å². The molecule has 154 valence electrons. The molecule has 0 fully saturated rings. The van der Waals surface area contributed by atoms with Crippen LogP contribution < -0.4 is 15.3 Å². The monoisotopic (exact) mass is 411 g/mol. The van der Waals surface area contributed by atoms with Crippen LogP contribution in [0.3, 0.4) is 0 Å². The fraction of sp³-hybridized carbons (Fsp3) is 0.440. The van der Waals surface area contributed by atoms with E-state index in [1.165, 1.54) is 0 Å². The molecular weight excluding hydrogens is 382 g/mol. The number of aryl methyl sites for hydroxylation is 2. The van der Waals surface area contributed by atoms with E-state index in [0.29, 0.717) is 17.1 Å². The third kappa shape index (κ3) is 5.08. The smallest absolute Gasteiger partial charge is 0.166 e. The van der Waals surface area contributed by atoms with E-state index >= 15 is 0 Å². The topological polar surface area (TPSA) is 39.2 Å². The highest BCUT2D eigenvalue weighted by molar-refractivity contribution is 6.32. The quantitative estimate of drug-likeness (QED) is 0.497. The summed E-state index contributed by atoms with van der Waals surface area (Å²) >= 11 is 6.34. The van der Waals surface area contributed by atoms with Crippen molar-refractivity contribution in [2.24, 2.45) is 0 Å². The van der Waals surface area contributed by atoms with E-state index in [-0.39, 0.29) is 17.3 Å². The number of benzene rings is 1. The molecule has 1 aromatic carbocycles. The van der Waals surface area contributed by atoms with Crippen molar-refractivity contribution >= 4 is 29.5 Å². The predicted octanol–water partition coefficient (Wildman–Crippen LogP) is 5.26. The second kappa shape index (κ2) is 8.31. The Morgan fingerprint density at radius 1 is 1.14 bits per heavy atom. The molecule has 0 spiro atoms. The number of ether oxygens (including phenoxy) is 1. The minimum Gasteiger partial charge on any atom is -0.488 e. The first-order valence-corrected chi connectivity index (χ1v) is 10.6. The van der Waals surface area contributed by atoms with Crippen molar-refractivity contribution in [2.75, 3.05) is 0 Å². The standard InChI is InChI=1S/C25H30ClNO2/c1-15(19-11-16(2)23(17(3)12-19)29-25(4,5)6)13-22(28)20-14-18-9-7-8-10-21(18)27-24(20)26/h9-12,14-15H,7-8,13H2,1-6H3. The van der Waals surface area contributed by atoms with Gasteiger partial charge in [-0.05, 0) is 81.4 Å². The number of fused-ring (bicyclic) bond motifs is 1. The van der Waals surface area contributed by atoms with Gasteiger partial charge in [-0.2, -0.15) is 0 Å². The van der Waals surface area contributed by atoms with Gasteiger partial charge in [0, 0.05) is 6.42 Å². The summed E-state index contributed by atoms with van der Waals surface area (Å²) in [6.07, 6.45) is 6.53.